The average Bonchev–Trinajstić information content (AvgIpc) is 3.24. The highest BCUT2D eigenvalue weighted by atomic mass is 16.3. The van der Waals surface area contributed by atoms with Gasteiger partial charge < -0.3 is 15.5 Å². The van der Waals surface area contributed by atoms with Crippen molar-refractivity contribution in [3.05, 3.63) is 12.2 Å². The maximum atomic E-state index is 12.4. The molecule has 4 heteroatoms. The second-order valence-electron chi connectivity index (χ2n) is 19.0. The molecule has 0 aliphatic rings. The molecule has 1 amide bonds. The second kappa shape index (κ2) is 51.5. The van der Waals surface area contributed by atoms with E-state index in [1.54, 1.807) is 6.08 Å². The molecule has 4 nitrogen and oxygen atoms in total. The summed E-state index contributed by atoms with van der Waals surface area (Å²) in [5.74, 6) is -0.0576. The van der Waals surface area contributed by atoms with Crippen LogP contribution in [0.4, 0.5) is 0 Å². The molecule has 0 rings (SSSR count). The SMILES string of the molecule is CCCCCCCCCCCCC/C=C/[C@@H](O)[C@H](CO)NC(=O)CCCCCCCCCCCCCCCCCCCCCCCCCCCCCCCCCCCC. The molecule has 0 spiro atoms. The fourth-order valence-electron chi connectivity index (χ4n) is 8.83. The molecule has 0 radical (unpaired) electrons. The molecule has 0 aromatic carbocycles. The molecule has 0 aromatic heterocycles. The van der Waals surface area contributed by atoms with Crippen LogP contribution in [0.15, 0.2) is 12.2 Å². The van der Waals surface area contributed by atoms with Gasteiger partial charge in [0, 0.05) is 6.42 Å². The first-order valence-electron chi connectivity index (χ1n) is 27.4. The Bertz CT molecular complexity index is 814. The van der Waals surface area contributed by atoms with Crippen molar-refractivity contribution >= 4 is 5.91 Å². The average molecular weight is 832 g/mol. The molecule has 0 aliphatic carbocycles. The zero-order valence-corrected chi connectivity index (χ0v) is 40.6. The number of unbranched alkanes of at least 4 members (excludes halogenated alkanes) is 44. The Morgan fingerprint density at radius 3 is 0.881 bits per heavy atom. The van der Waals surface area contributed by atoms with E-state index in [1.807, 2.05) is 6.08 Å². The molecule has 2 atom stereocenters. The summed E-state index contributed by atoms with van der Waals surface area (Å²) in [4.78, 5) is 12.4. The summed E-state index contributed by atoms with van der Waals surface area (Å²) in [5.41, 5.74) is 0. The molecule has 0 unspecified atom stereocenters. The van der Waals surface area contributed by atoms with E-state index in [-0.39, 0.29) is 12.5 Å². The van der Waals surface area contributed by atoms with Gasteiger partial charge in [-0.25, -0.2) is 0 Å². The molecular weight excluding hydrogens is 723 g/mol. The Morgan fingerprint density at radius 2 is 0.627 bits per heavy atom. The van der Waals surface area contributed by atoms with Crippen molar-refractivity contribution in [3.8, 4) is 0 Å². The number of hydrogen-bond acceptors (Lipinski definition) is 3. The van der Waals surface area contributed by atoms with Crippen LogP contribution in [0.25, 0.3) is 0 Å². The van der Waals surface area contributed by atoms with Gasteiger partial charge in [-0.05, 0) is 19.3 Å². The van der Waals surface area contributed by atoms with Crippen molar-refractivity contribution in [3.63, 3.8) is 0 Å². The highest BCUT2D eigenvalue weighted by molar-refractivity contribution is 5.76. The standard InChI is InChI=1S/C55H109NO3/c1-3-5-7-9-11-13-15-17-18-19-20-21-22-23-24-25-26-27-28-29-30-31-32-33-34-35-36-37-39-41-43-45-47-49-51-55(59)56-53(52-57)54(58)50-48-46-44-42-40-38-16-14-12-10-8-6-4-2/h48,50,53-54,57-58H,3-47,49,51-52H2,1-2H3,(H,56,59)/b50-48+/t53-,54+/m0/s1. The molecule has 352 valence electrons. The quantitative estimate of drug-likeness (QED) is 0.0422. The minimum atomic E-state index is -0.834. The van der Waals surface area contributed by atoms with Crippen molar-refractivity contribution in [1.82, 2.24) is 5.32 Å². The van der Waals surface area contributed by atoms with Crippen molar-refractivity contribution in [2.24, 2.45) is 0 Å². The molecule has 0 saturated heterocycles. The summed E-state index contributed by atoms with van der Waals surface area (Å²) in [7, 11) is 0. The summed E-state index contributed by atoms with van der Waals surface area (Å²) >= 11 is 0. The summed E-state index contributed by atoms with van der Waals surface area (Å²) in [6.45, 7) is 4.33. The smallest absolute Gasteiger partial charge is 0.220 e. The zero-order valence-electron chi connectivity index (χ0n) is 40.6. The Labute approximate surface area is 371 Å². The summed E-state index contributed by atoms with van der Waals surface area (Å²) in [5, 5.41) is 23.1. The third-order valence-corrected chi connectivity index (χ3v) is 13.0. The van der Waals surface area contributed by atoms with Crippen LogP contribution in [0.1, 0.15) is 316 Å². The predicted molar refractivity (Wildman–Crippen MR) is 263 cm³/mol. The van der Waals surface area contributed by atoms with Crippen molar-refractivity contribution in [2.75, 3.05) is 6.61 Å². The lowest BCUT2D eigenvalue weighted by Gasteiger charge is -2.20. The van der Waals surface area contributed by atoms with Crippen LogP contribution >= 0.6 is 0 Å². The number of amides is 1. The lowest BCUT2D eigenvalue weighted by Crippen LogP contribution is -2.45. The Morgan fingerprint density at radius 1 is 0.390 bits per heavy atom. The van der Waals surface area contributed by atoms with Gasteiger partial charge >= 0.3 is 0 Å². The first kappa shape index (κ1) is 58.1. The molecule has 0 heterocycles. The number of allylic oxidation sites excluding steroid dienone is 1. The number of nitrogens with one attached hydrogen (secondary N) is 1. The van der Waals surface area contributed by atoms with Crippen LogP contribution in [-0.2, 0) is 4.79 Å². The van der Waals surface area contributed by atoms with Gasteiger partial charge in [0.15, 0.2) is 0 Å². The third kappa shape index (κ3) is 48.0. The van der Waals surface area contributed by atoms with Gasteiger partial charge in [0.1, 0.15) is 0 Å². The van der Waals surface area contributed by atoms with E-state index in [1.165, 1.54) is 270 Å². The van der Waals surface area contributed by atoms with E-state index in [0.717, 1.165) is 25.7 Å². The Kier molecular flexibility index (Phi) is 50.7. The van der Waals surface area contributed by atoms with Crippen LogP contribution in [0.3, 0.4) is 0 Å². The van der Waals surface area contributed by atoms with E-state index < -0.39 is 12.1 Å². The first-order chi connectivity index (χ1) is 29.2. The van der Waals surface area contributed by atoms with Gasteiger partial charge in [0.25, 0.3) is 0 Å². The fraction of sp³-hybridized carbons (Fsp3) is 0.945. The Hall–Kier alpha value is -0.870. The number of aliphatic hydroxyl groups is 2. The van der Waals surface area contributed by atoms with Crippen LogP contribution in [0.5, 0.6) is 0 Å². The van der Waals surface area contributed by atoms with Crippen LogP contribution < -0.4 is 5.32 Å². The lowest BCUT2D eigenvalue weighted by molar-refractivity contribution is -0.123. The molecule has 0 fully saturated rings. The molecule has 3 N–H and O–H groups in total. The molecular formula is C55H109NO3. The maximum Gasteiger partial charge on any atom is 0.220 e. The zero-order chi connectivity index (χ0) is 42.8. The van der Waals surface area contributed by atoms with Gasteiger partial charge in [-0.15, -0.1) is 0 Å². The maximum absolute atomic E-state index is 12.4. The fourth-order valence-corrected chi connectivity index (χ4v) is 8.83. The first-order valence-corrected chi connectivity index (χ1v) is 27.4. The Balaban J connectivity index is 3.37. The topological polar surface area (TPSA) is 69.6 Å². The molecule has 0 aliphatic heterocycles. The highest BCUT2D eigenvalue weighted by Crippen LogP contribution is 2.18. The van der Waals surface area contributed by atoms with E-state index in [0.29, 0.717) is 6.42 Å². The van der Waals surface area contributed by atoms with Gasteiger partial charge in [-0.2, -0.15) is 0 Å². The summed E-state index contributed by atoms with van der Waals surface area (Å²) < 4.78 is 0. The van der Waals surface area contributed by atoms with E-state index >= 15 is 0 Å². The van der Waals surface area contributed by atoms with Gasteiger partial charge in [0.05, 0.1) is 18.8 Å². The molecule has 0 aromatic rings. The van der Waals surface area contributed by atoms with Crippen molar-refractivity contribution in [1.29, 1.82) is 0 Å². The summed E-state index contributed by atoms with van der Waals surface area (Å²) in [6, 6.07) is -0.616. The highest BCUT2D eigenvalue weighted by Gasteiger charge is 2.18. The largest absolute Gasteiger partial charge is 0.394 e. The van der Waals surface area contributed by atoms with Gasteiger partial charge in [-0.3, -0.25) is 4.79 Å². The summed E-state index contributed by atoms with van der Waals surface area (Å²) in [6.07, 6.45) is 66.7. The van der Waals surface area contributed by atoms with Crippen molar-refractivity contribution in [2.45, 2.75) is 328 Å². The normalized spacial score (nSPS) is 12.8. The lowest BCUT2D eigenvalue weighted by atomic mass is 10.0. The third-order valence-electron chi connectivity index (χ3n) is 13.0. The number of carbonyl (C=O) groups excluding carboxylic acids is 1. The molecule has 59 heavy (non-hydrogen) atoms. The van der Waals surface area contributed by atoms with E-state index in [4.69, 9.17) is 0 Å². The van der Waals surface area contributed by atoms with E-state index in [9.17, 15) is 15.0 Å². The monoisotopic (exact) mass is 832 g/mol. The number of aliphatic hydroxyl groups excluding tert-OH is 2. The molecule has 0 saturated carbocycles. The molecule has 0 bridgehead atoms. The van der Waals surface area contributed by atoms with Gasteiger partial charge in [0.2, 0.25) is 5.91 Å². The minimum absolute atomic E-state index is 0.0576. The predicted octanol–water partition coefficient (Wildman–Crippen LogP) is 17.8. The van der Waals surface area contributed by atoms with Crippen LogP contribution in [0.2, 0.25) is 0 Å². The second-order valence-corrected chi connectivity index (χ2v) is 19.0. The van der Waals surface area contributed by atoms with Gasteiger partial charge in [-0.1, -0.05) is 302 Å². The van der Waals surface area contributed by atoms with Crippen LogP contribution in [0, 0.1) is 0 Å². The van der Waals surface area contributed by atoms with Crippen LogP contribution in [-0.4, -0.2) is 34.9 Å². The van der Waals surface area contributed by atoms with E-state index in [2.05, 4.69) is 19.2 Å². The minimum Gasteiger partial charge on any atom is -0.394 e. The number of carbonyl (C=O) groups is 1. The number of rotatable bonds is 51. The van der Waals surface area contributed by atoms with Crippen molar-refractivity contribution < 1.29 is 15.0 Å². The number of hydrogen-bond donors (Lipinski definition) is 3.